The number of hydrogen-bond donors (Lipinski definition) is 2. The number of nitrogens with two attached hydrogens (primary N) is 1. The molecule has 0 amide bonds. The second-order valence-electron chi connectivity index (χ2n) is 4.39. The van der Waals surface area contributed by atoms with Crippen molar-refractivity contribution in [3.05, 3.63) is 47.2 Å². The Bertz CT molecular complexity index is 661. The Labute approximate surface area is 118 Å². The van der Waals surface area contributed by atoms with Crippen molar-refractivity contribution in [1.82, 2.24) is 4.98 Å². The van der Waals surface area contributed by atoms with E-state index in [0.29, 0.717) is 29.4 Å². The van der Waals surface area contributed by atoms with E-state index in [0.717, 1.165) is 11.1 Å². The number of rotatable bonds is 4. The zero-order valence-corrected chi connectivity index (χ0v) is 11.5. The third-order valence-electron chi connectivity index (χ3n) is 3.03. The topological polar surface area (TPSA) is 84.0 Å². The smallest absolute Gasteiger partial charge is 0.144 e. The van der Waals surface area contributed by atoms with Crippen LogP contribution in [0.1, 0.15) is 16.7 Å². The second-order valence-corrected chi connectivity index (χ2v) is 4.39. The Morgan fingerprint density at radius 1 is 1.40 bits per heavy atom. The quantitative estimate of drug-likeness (QED) is 0.832. The number of pyridine rings is 1. The molecule has 102 valence electrons. The van der Waals surface area contributed by atoms with E-state index in [4.69, 9.17) is 15.7 Å². The molecule has 5 nitrogen and oxygen atoms in total. The fraction of sp³-hybridized carbons (Fsp3) is 0.200. The number of benzene rings is 1. The number of hydrogen-bond acceptors (Lipinski definition) is 5. The summed E-state index contributed by atoms with van der Waals surface area (Å²) in [6.45, 7) is 2.43. The minimum absolute atomic E-state index is 0.541. The summed E-state index contributed by atoms with van der Waals surface area (Å²) >= 11 is 0. The molecule has 0 saturated heterocycles. The van der Waals surface area contributed by atoms with Crippen LogP contribution in [0.4, 0.5) is 11.5 Å². The molecule has 3 N–H and O–H groups in total. The third kappa shape index (κ3) is 2.81. The Balaban J connectivity index is 2.15. The Morgan fingerprint density at radius 3 is 2.85 bits per heavy atom. The number of nitrogen functional groups attached to an aromatic ring is 1. The molecule has 2 aromatic rings. The summed E-state index contributed by atoms with van der Waals surface area (Å²) in [6.07, 6.45) is 1.68. The van der Waals surface area contributed by atoms with Crippen LogP contribution in [0.3, 0.4) is 0 Å². The molecule has 0 fully saturated rings. The van der Waals surface area contributed by atoms with Crippen LogP contribution in [0, 0.1) is 18.3 Å². The summed E-state index contributed by atoms with van der Waals surface area (Å²) in [7, 11) is 1.58. The summed E-state index contributed by atoms with van der Waals surface area (Å²) in [5, 5.41) is 12.3. The molecule has 20 heavy (non-hydrogen) atoms. The molecule has 1 aromatic heterocycles. The Kier molecular flexibility index (Phi) is 4.06. The summed E-state index contributed by atoms with van der Waals surface area (Å²) in [6, 6.07) is 9.56. The number of methoxy groups -OCH3 is 1. The molecule has 0 bridgehead atoms. The van der Waals surface area contributed by atoms with Crippen LogP contribution in [-0.2, 0) is 6.54 Å². The molecule has 1 aromatic carbocycles. The number of nitrogens with one attached hydrogen (secondary N) is 1. The number of aryl methyl sites for hydroxylation is 1. The molecule has 0 aliphatic rings. The molecule has 0 aliphatic carbocycles. The highest BCUT2D eigenvalue weighted by molar-refractivity contribution is 5.57. The molecule has 0 aliphatic heterocycles. The van der Waals surface area contributed by atoms with Crippen molar-refractivity contribution in [2.45, 2.75) is 13.5 Å². The maximum atomic E-state index is 9.14. The molecular weight excluding hydrogens is 252 g/mol. The lowest BCUT2D eigenvalue weighted by Gasteiger charge is -2.10. The van der Waals surface area contributed by atoms with Crippen LogP contribution < -0.4 is 15.8 Å². The maximum Gasteiger partial charge on any atom is 0.144 e. The van der Waals surface area contributed by atoms with Gasteiger partial charge in [-0.2, -0.15) is 5.26 Å². The first-order chi connectivity index (χ1) is 9.65. The van der Waals surface area contributed by atoms with Crippen molar-refractivity contribution in [3.63, 3.8) is 0 Å². The predicted octanol–water partition coefficient (Wildman–Crippen LogP) is 2.46. The van der Waals surface area contributed by atoms with Crippen LogP contribution in [0.25, 0.3) is 0 Å². The van der Waals surface area contributed by atoms with Gasteiger partial charge in [0.15, 0.2) is 0 Å². The first-order valence-corrected chi connectivity index (χ1v) is 6.17. The first kappa shape index (κ1) is 13.7. The van der Waals surface area contributed by atoms with Gasteiger partial charge in [0.25, 0.3) is 0 Å². The van der Waals surface area contributed by atoms with E-state index < -0.39 is 0 Å². The molecule has 5 heteroatoms. The van der Waals surface area contributed by atoms with Crippen molar-refractivity contribution < 1.29 is 4.74 Å². The van der Waals surface area contributed by atoms with Gasteiger partial charge in [-0.25, -0.2) is 4.98 Å². The van der Waals surface area contributed by atoms with Crippen molar-refractivity contribution in [1.29, 1.82) is 5.26 Å². The lowest BCUT2D eigenvalue weighted by Crippen LogP contribution is -2.05. The van der Waals surface area contributed by atoms with Gasteiger partial charge >= 0.3 is 0 Å². The van der Waals surface area contributed by atoms with E-state index in [-0.39, 0.29) is 0 Å². The fourth-order valence-electron chi connectivity index (χ4n) is 1.91. The second kappa shape index (κ2) is 5.93. The van der Waals surface area contributed by atoms with Crippen molar-refractivity contribution in [2.75, 3.05) is 18.2 Å². The average molecular weight is 268 g/mol. The zero-order valence-electron chi connectivity index (χ0n) is 11.5. The minimum atomic E-state index is 0.541. The highest BCUT2D eigenvalue weighted by Gasteiger charge is 2.06. The van der Waals surface area contributed by atoms with E-state index in [9.17, 15) is 0 Å². The lowest BCUT2D eigenvalue weighted by atomic mass is 10.1. The maximum absolute atomic E-state index is 9.14. The third-order valence-corrected chi connectivity index (χ3v) is 3.03. The first-order valence-electron chi connectivity index (χ1n) is 6.17. The summed E-state index contributed by atoms with van der Waals surface area (Å²) in [5.41, 5.74) is 8.91. The molecular formula is C15H16N4O. The lowest BCUT2D eigenvalue weighted by molar-refractivity contribution is 0.417. The highest BCUT2D eigenvalue weighted by atomic mass is 16.5. The standard InChI is InChI=1S/C15H16N4O/c1-10-5-6-18-15(12(10)8-16)19-9-11-3-4-14(20-2)13(17)7-11/h3-7H,9,17H2,1-2H3,(H,18,19). The monoisotopic (exact) mass is 268 g/mol. The predicted molar refractivity (Wildman–Crippen MR) is 78.4 cm³/mol. The zero-order chi connectivity index (χ0) is 14.5. The number of anilines is 2. The summed E-state index contributed by atoms with van der Waals surface area (Å²) < 4.78 is 5.11. The van der Waals surface area contributed by atoms with Crippen molar-refractivity contribution in [3.8, 4) is 11.8 Å². The minimum Gasteiger partial charge on any atom is -0.495 e. The number of nitrogens with zero attached hydrogens (tertiary/aromatic N) is 2. The summed E-state index contributed by atoms with van der Waals surface area (Å²) in [4.78, 5) is 4.19. The van der Waals surface area contributed by atoms with Gasteiger partial charge in [0.1, 0.15) is 17.6 Å². The summed E-state index contributed by atoms with van der Waals surface area (Å²) in [5.74, 6) is 1.24. The van der Waals surface area contributed by atoms with Crippen LogP contribution in [0.5, 0.6) is 5.75 Å². The van der Waals surface area contributed by atoms with Crippen LogP contribution in [0.15, 0.2) is 30.5 Å². The van der Waals surface area contributed by atoms with Gasteiger partial charge < -0.3 is 15.8 Å². The largest absolute Gasteiger partial charge is 0.495 e. The van der Waals surface area contributed by atoms with Crippen molar-refractivity contribution >= 4 is 11.5 Å². The van der Waals surface area contributed by atoms with E-state index in [1.807, 2.05) is 31.2 Å². The molecule has 0 atom stereocenters. The van der Waals surface area contributed by atoms with Crippen LogP contribution in [-0.4, -0.2) is 12.1 Å². The molecule has 0 unspecified atom stereocenters. The normalized spacial score (nSPS) is 9.85. The van der Waals surface area contributed by atoms with E-state index in [1.54, 1.807) is 13.3 Å². The Hall–Kier alpha value is -2.74. The molecule has 2 rings (SSSR count). The highest BCUT2D eigenvalue weighted by Crippen LogP contribution is 2.23. The van der Waals surface area contributed by atoms with E-state index >= 15 is 0 Å². The van der Waals surface area contributed by atoms with Gasteiger partial charge in [-0.3, -0.25) is 0 Å². The van der Waals surface area contributed by atoms with Crippen LogP contribution in [0.2, 0.25) is 0 Å². The van der Waals surface area contributed by atoms with Gasteiger partial charge in [0.05, 0.1) is 18.4 Å². The van der Waals surface area contributed by atoms with Gasteiger partial charge in [-0.05, 0) is 36.2 Å². The Morgan fingerprint density at radius 2 is 2.20 bits per heavy atom. The molecule has 1 heterocycles. The number of nitriles is 1. The van der Waals surface area contributed by atoms with Crippen LogP contribution >= 0.6 is 0 Å². The molecule has 0 spiro atoms. The van der Waals surface area contributed by atoms with Gasteiger partial charge in [0, 0.05) is 12.7 Å². The molecule has 0 saturated carbocycles. The van der Waals surface area contributed by atoms with Gasteiger partial charge in [-0.1, -0.05) is 6.07 Å². The SMILES string of the molecule is COc1ccc(CNc2nccc(C)c2C#N)cc1N. The fourth-order valence-corrected chi connectivity index (χ4v) is 1.91. The molecule has 0 radical (unpaired) electrons. The van der Waals surface area contributed by atoms with Crippen molar-refractivity contribution in [2.24, 2.45) is 0 Å². The van der Waals surface area contributed by atoms with Gasteiger partial charge in [-0.15, -0.1) is 0 Å². The number of aromatic nitrogens is 1. The number of ether oxygens (including phenoxy) is 1. The van der Waals surface area contributed by atoms with Gasteiger partial charge in [0.2, 0.25) is 0 Å². The van der Waals surface area contributed by atoms with E-state index in [2.05, 4.69) is 16.4 Å². The van der Waals surface area contributed by atoms with E-state index in [1.165, 1.54) is 0 Å². The average Bonchev–Trinajstić information content (AvgIpc) is 2.45.